The van der Waals surface area contributed by atoms with E-state index in [1.165, 1.54) is 30.3 Å². The molecule has 0 heterocycles. The third-order valence-corrected chi connectivity index (χ3v) is 8.27. The molecule has 0 saturated heterocycles. The van der Waals surface area contributed by atoms with Crippen LogP contribution < -0.4 is 15.2 Å². The van der Waals surface area contributed by atoms with Crippen molar-refractivity contribution in [3.05, 3.63) is 83.9 Å². The maximum atomic E-state index is 13.4. The van der Waals surface area contributed by atoms with E-state index in [9.17, 15) is 31.2 Å². The minimum absolute atomic E-state index is 0.0270. The lowest BCUT2D eigenvalue weighted by Gasteiger charge is -2.32. The fourth-order valence-corrected chi connectivity index (χ4v) is 6.01. The lowest BCUT2D eigenvalue weighted by Crippen LogP contribution is -2.44. The lowest BCUT2D eigenvalue weighted by atomic mass is 9.77. The summed E-state index contributed by atoms with van der Waals surface area (Å²) in [5.74, 6) is -1.77. The molecule has 42 heavy (non-hydrogen) atoms. The molecule has 224 valence electrons. The Balaban J connectivity index is 1.37. The summed E-state index contributed by atoms with van der Waals surface area (Å²) in [6.45, 7) is 0.409. The molecular weight excluding hydrogens is 571 g/mol. The van der Waals surface area contributed by atoms with Gasteiger partial charge in [-0.25, -0.2) is 13.6 Å². The monoisotopic (exact) mass is 603 g/mol. The number of halogens is 3. The van der Waals surface area contributed by atoms with Gasteiger partial charge in [-0.15, -0.1) is 13.2 Å². The number of alkyl halides is 3. The smallest absolute Gasteiger partial charge is 0.406 e. The number of carbonyl (C=O) groups excluding carboxylic acids is 2. The Morgan fingerprint density at radius 1 is 0.929 bits per heavy atom. The van der Waals surface area contributed by atoms with Crippen molar-refractivity contribution in [3.63, 3.8) is 0 Å². The molecule has 4 rings (SSSR count). The first kappa shape index (κ1) is 31.0. The van der Waals surface area contributed by atoms with Crippen molar-refractivity contribution in [1.29, 1.82) is 0 Å². The quantitative estimate of drug-likeness (QED) is 0.358. The molecule has 0 spiro atoms. The molecule has 1 aliphatic carbocycles. The Hall–Kier alpha value is -3.90. The summed E-state index contributed by atoms with van der Waals surface area (Å²) in [5, 5.41) is 8.18. The lowest BCUT2D eigenvalue weighted by molar-refractivity contribution is -0.274. The van der Waals surface area contributed by atoms with E-state index in [-0.39, 0.29) is 29.0 Å². The van der Waals surface area contributed by atoms with Crippen molar-refractivity contribution < 1.29 is 35.9 Å². The van der Waals surface area contributed by atoms with E-state index in [0.29, 0.717) is 36.1 Å². The van der Waals surface area contributed by atoms with E-state index in [0.717, 1.165) is 18.4 Å². The van der Waals surface area contributed by atoms with Crippen molar-refractivity contribution in [2.75, 3.05) is 7.05 Å². The molecule has 8 nitrogen and oxygen atoms in total. The van der Waals surface area contributed by atoms with Crippen LogP contribution in [0, 0.1) is 11.8 Å². The SMILES string of the molecule is CN(Cc1ccc(-c2ccccc2S(N)(=O)=O)cc1)C(=O)C1CCCC[C@H]1C(=O)NCc1ccc(OC(F)(F)F)cc1. The number of hydrogen-bond acceptors (Lipinski definition) is 5. The van der Waals surface area contributed by atoms with Gasteiger partial charge in [-0.05, 0) is 47.7 Å². The van der Waals surface area contributed by atoms with Gasteiger partial charge in [0, 0.05) is 37.5 Å². The van der Waals surface area contributed by atoms with Crippen LogP contribution in [0.5, 0.6) is 5.75 Å². The fraction of sp³-hybridized carbons (Fsp3) is 0.333. The van der Waals surface area contributed by atoms with Crippen LogP contribution in [0.4, 0.5) is 13.2 Å². The summed E-state index contributed by atoms with van der Waals surface area (Å²) in [7, 11) is -2.22. The molecule has 0 radical (unpaired) electrons. The Bertz CT molecular complexity index is 1510. The summed E-state index contributed by atoms with van der Waals surface area (Å²) in [6, 6.07) is 18.9. The number of nitrogens with one attached hydrogen (secondary N) is 1. The van der Waals surface area contributed by atoms with Crippen LogP contribution in [0.15, 0.2) is 77.7 Å². The number of primary sulfonamides is 1. The Morgan fingerprint density at radius 2 is 1.52 bits per heavy atom. The topological polar surface area (TPSA) is 119 Å². The number of nitrogens with two attached hydrogens (primary N) is 1. The molecule has 3 aromatic carbocycles. The summed E-state index contributed by atoms with van der Waals surface area (Å²) < 4.78 is 65.0. The maximum Gasteiger partial charge on any atom is 0.573 e. The summed E-state index contributed by atoms with van der Waals surface area (Å²) in [4.78, 5) is 28.1. The Labute approximate surface area is 242 Å². The minimum Gasteiger partial charge on any atom is -0.406 e. The molecule has 3 aromatic rings. The third kappa shape index (κ3) is 8.10. The predicted molar refractivity (Wildman–Crippen MR) is 150 cm³/mol. The van der Waals surface area contributed by atoms with Crippen molar-refractivity contribution in [2.24, 2.45) is 17.0 Å². The second-order valence-electron chi connectivity index (χ2n) is 10.3. The predicted octanol–water partition coefficient (Wildman–Crippen LogP) is 4.98. The van der Waals surface area contributed by atoms with Crippen LogP contribution in [-0.2, 0) is 32.7 Å². The number of rotatable bonds is 9. The van der Waals surface area contributed by atoms with Gasteiger partial charge in [0.1, 0.15) is 5.75 Å². The van der Waals surface area contributed by atoms with Gasteiger partial charge in [-0.1, -0.05) is 67.4 Å². The molecule has 2 atom stereocenters. The molecule has 2 amide bonds. The largest absolute Gasteiger partial charge is 0.573 e. The normalized spacial score (nSPS) is 17.4. The molecule has 12 heteroatoms. The van der Waals surface area contributed by atoms with E-state index in [4.69, 9.17) is 5.14 Å². The number of sulfonamides is 1. The van der Waals surface area contributed by atoms with Crippen molar-refractivity contribution in [2.45, 2.75) is 50.0 Å². The van der Waals surface area contributed by atoms with Gasteiger partial charge >= 0.3 is 6.36 Å². The highest BCUT2D eigenvalue weighted by molar-refractivity contribution is 7.89. The van der Waals surface area contributed by atoms with E-state index in [2.05, 4.69) is 10.1 Å². The van der Waals surface area contributed by atoms with Crippen molar-refractivity contribution >= 4 is 21.8 Å². The van der Waals surface area contributed by atoms with E-state index >= 15 is 0 Å². The molecule has 1 aliphatic rings. The van der Waals surface area contributed by atoms with Crippen molar-refractivity contribution in [1.82, 2.24) is 10.2 Å². The highest BCUT2D eigenvalue weighted by Crippen LogP contribution is 2.33. The molecule has 1 unspecified atom stereocenters. The third-order valence-electron chi connectivity index (χ3n) is 7.30. The van der Waals surface area contributed by atoms with Crippen molar-refractivity contribution in [3.8, 4) is 16.9 Å². The van der Waals surface area contributed by atoms with Crippen LogP contribution in [0.1, 0.15) is 36.8 Å². The zero-order chi connectivity index (χ0) is 30.5. The van der Waals surface area contributed by atoms with Gasteiger partial charge in [0.05, 0.1) is 4.90 Å². The van der Waals surface area contributed by atoms with Crippen LogP contribution in [0.2, 0.25) is 0 Å². The van der Waals surface area contributed by atoms with Gasteiger partial charge < -0.3 is 15.0 Å². The highest BCUT2D eigenvalue weighted by atomic mass is 32.2. The zero-order valence-electron chi connectivity index (χ0n) is 22.9. The molecule has 1 saturated carbocycles. The van der Waals surface area contributed by atoms with Gasteiger partial charge in [0.15, 0.2) is 0 Å². The summed E-state index contributed by atoms with van der Waals surface area (Å²) >= 11 is 0. The van der Waals surface area contributed by atoms with Gasteiger partial charge in [0.25, 0.3) is 0 Å². The highest BCUT2D eigenvalue weighted by Gasteiger charge is 2.37. The number of benzene rings is 3. The first-order chi connectivity index (χ1) is 19.8. The molecule has 0 aromatic heterocycles. The average molecular weight is 604 g/mol. The zero-order valence-corrected chi connectivity index (χ0v) is 23.7. The fourth-order valence-electron chi connectivity index (χ4n) is 5.25. The summed E-state index contributed by atoms with van der Waals surface area (Å²) in [6.07, 6.45) is -2.00. The van der Waals surface area contributed by atoms with Crippen LogP contribution >= 0.6 is 0 Å². The summed E-state index contributed by atoms with van der Waals surface area (Å²) in [5.41, 5.74) is 2.59. The Morgan fingerprint density at radius 3 is 2.14 bits per heavy atom. The Kier molecular flexibility index (Phi) is 9.57. The minimum atomic E-state index is -4.78. The number of amides is 2. The maximum absolute atomic E-state index is 13.4. The molecule has 1 fully saturated rings. The van der Waals surface area contributed by atoms with E-state index in [1.54, 1.807) is 42.3 Å². The standard InChI is InChI=1S/C30H32F3N3O5S/c1-36(19-21-10-14-22(15-11-21)24-6-4-5-9-27(24)42(34,39)40)29(38)26-8-3-2-7-25(26)28(37)35-18-20-12-16-23(17-13-20)41-30(31,32)33/h4-6,9-17,25-26H,2-3,7-8,18-19H2,1H3,(H,35,37)(H2,34,39,40)/t25-,26?/m1/s1. The van der Waals surface area contributed by atoms with Crippen LogP contribution in [0.3, 0.4) is 0 Å². The number of nitrogens with zero attached hydrogens (tertiary/aromatic N) is 1. The molecular formula is C30H32F3N3O5S. The number of ether oxygens (including phenoxy) is 1. The van der Waals surface area contributed by atoms with Gasteiger partial charge in [-0.3, -0.25) is 9.59 Å². The average Bonchev–Trinajstić information content (AvgIpc) is 2.95. The van der Waals surface area contributed by atoms with Crippen LogP contribution in [0.25, 0.3) is 11.1 Å². The first-order valence-electron chi connectivity index (χ1n) is 13.4. The number of carbonyl (C=O) groups is 2. The van der Waals surface area contributed by atoms with E-state index < -0.39 is 28.2 Å². The second-order valence-corrected chi connectivity index (χ2v) is 11.9. The molecule has 3 N–H and O–H groups in total. The molecule has 0 bridgehead atoms. The van der Waals surface area contributed by atoms with Gasteiger partial charge in [-0.2, -0.15) is 0 Å². The van der Waals surface area contributed by atoms with E-state index in [1.807, 2.05) is 12.1 Å². The van der Waals surface area contributed by atoms with Gasteiger partial charge in [0.2, 0.25) is 21.8 Å². The number of hydrogen-bond donors (Lipinski definition) is 2. The molecule has 0 aliphatic heterocycles. The first-order valence-corrected chi connectivity index (χ1v) is 14.9. The second kappa shape index (κ2) is 13.0. The van der Waals surface area contributed by atoms with Crippen LogP contribution in [-0.4, -0.2) is 38.5 Å².